The molecular formula is C19H26N4OS2. The molecule has 2 aromatic heterocycles. The highest BCUT2D eigenvalue weighted by Crippen LogP contribution is 2.35. The largest absolute Gasteiger partial charge is 0.333 e. The molecule has 0 aliphatic carbocycles. The molecule has 0 spiro atoms. The van der Waals surface area contributed by atoms with Crippen LogP contribution < -0.4 is 5.32 Å². The Balaban J connectivity index is 1.85. The van der Waals surface area contributed by atoms with Gasteiger partial charge < -0.3 is 9.88 Å². The lowest BCUT2D eigenvalue weighted by atomic mass is 10.0. The lowest BCUT2D eigenvalue weighted by molar-refractivity contribution is 0.221. The lowest BCUT2D eigenvalue weighted by Crippen LogP contribution is -2.36. The maximum atomic E-state index is 12.4. The number of nitrogens with zero attached hydrogens (tertiary/aromatic N) is 3. The molecule has 1 aliphatic rings. The van der Waals surface area contributed by atoms with Crippen molar-refractivity contribution in [2.24, 2.45) is 0 Å². The van der Waals surface area contributed by atoms with Gasteiger partial charge in [-0.3, -0.25) is 9.80 Å². The molecule has 0 aromatic carbocycles. The van der Waals surface area contributed by atoms with Gasteiger partial charge in [0.2, 0.25) is 0 Å². The number of hydrogen-bond acceptors (Lipinski definition) is 4. The Labute approximate surface area is 163 Å². The standard InChI is InChI=1S/C19H26N4OS2/c1-5-22-11-8-15-16(12-20-19(24)21(3)14(2)25-4)18(26-17(15)13-22)23-9-6-7-10-23/h6-7,9-10H,2,5,8,11-13H2,1,3-4H3,(H,20,24). The fraction of sp³-hybridized carbons (Fsp3) is 0.421. The van der Waals surface area contributed by atoms with Crippen molar-refractivity contribution in [1.29, 1.82) is 0 Å². The molecule has 3 heterocycles. The highest BCUT2D eigenvalue weighted by molar-refractivity contribution is 8.02. The van der Waals surface area contributed by atoms with Crippen molar-refractivity contribution in [2.75, 3.05) is 26.4 Å². The fourth-order valence-electron chi connectivity index (χ4n) is 3.17. The Morgan fingerprint density at radius 3 is 2.81 bits per heavy atom. The Kier molecular flexibility index (Phi) is 6.11. The van der Waals surface area contributed by atoms with Crippen LogP contribution in [0.1, 0.15) is 22.9 Å². The summed E-state index contributed by atoms with van der Waals surface area (Å²) in [6.07, 6.45) is 7.11. The van der Waals surface area contributed by atoms with Crippen LogP contribution in [0.3, 0.4) is 0 Å². The van der Waals surface area contributed by atoms with E-state index in [1.165, 1.54) is 32.8 Å². The number of thioether (sulfide) groups is 1. The first-order valence-corrected chi connectivity index (χ1v) is 10.8. The van der Waals surface area contributed by atoms with Gasteiger partial charge >= 0.3 is 6.03 Å². The van der Waals surface area contributed by atoms with Crippen molar-refractivity contribution in [3.8, 4) is 5.00 Å². The number of amides is 2. The van der Waals surface area contributed by atoms with Crippen molar-refractivity contribution in [1.82, 2.24) is 19.7 Å². The zero-order chi connectivity index (χ0) is 18.7. The Morgan fingerprint density at radius 2 is 2.15 bits per heavy atom. The van der Waals surface area contributed by atoms with Gasteiger partial charge in [-0.1, -0.05) is 13.5 Å². The zero-order valence-corrected chi connectivity index (χ0v) is 17.3. The maximum absolute atomic E-state index is 12.4. The smallest absolute Gasteiger partial charge is 0.322 e. The van der Waals surface area contributed by atoms with Crippen LogP contribution >= 0.6 is 23.1 Å². The van der Waals surface area contributed by atoms with E-state index in [2.05, 4.69) is 40.7 Å². The molecule has 2 amide bonds. The van der Waals surface area contributed by atoms with Crippen molar-refractivity contribution < 1.29 is 4.79 Å². The van der Waals surface area contributed by atoms with E-state index in [4.69, 9.17) is 0 Å². The van der Waals surface area contributed by atoms with Crippen molar-refractivity contribution in [3.05, 3.63) is 52.1 Å². The van der Waals surface area contributed by atoms with Crippen LogP contribution in [-0.2, 0) is 19.5 Å². The molecule has 1 N–H and O–H groups in total. The van der Waals surface area contributed by atoms with E-state index >= 15 is 0 Å². The van der Waals surface area contributed by atoms with E-state index < -0.39 is 0 Å². The molecule has 0 bridgehead atoms. The Morgan fingerprint density at radius 1 is 1.42 bits per heavy atom. The van der Waals surface area contributed by atoms with Crippen LogP contribution in [0, 0.1) is 0 Å². The lowest BCUT2D eigenvalue weighted by Gasteiger charge is -2.26. The van der Waals surface area contributed by atoms with Crippen LogP contribution in [0.15, 0.2) is 36.1 Å². The second-order valence-corrected chi connectivity index (χ2v) is 8.28. The minimum Gasteiger partial charge on any atom is -0.333 e. The predicted molar refractivity (Wildman–Crippen MR) is 111 cm³/mol. The Hall–Kier alpha value is -1.70. The van der Waals surface area contributed by atoms with Crippen LogP contribution in [0.5, 0.6) is 0 Å². The third-order valence-corrected chi connectivity index (χ3v) is 6.86. The number of carbonyl (C=O) groups excluding carboxylic acids is 1. The van der Waals surface area contributed by atoms with Gasteiger partial charge in [0.25, 0.3) is 0 Å². The van der Waals surface area contributed by atoms with Crippen molar-refractivity contribution in [3.63, 3.8) is 0 Å². The van der Waals surface area contributed by atoms with Crippen LogP contribution in [0.25, 0.3) is 5.00 Å². The summed E-state index contributed by atoms with van der Waals surface area (Å²) in [5.74, 6) is 0. The average Bonchev–Trinajstić information content (AvgIpc) is 3.31. The highest BCUT2D eigenvalue weighted by Gasteiger charge is 2.25. The zero-order valence-electron chi connectivity index (χ0n) is 15.6. The summed E-state index contributed by atoms with van der Waals surface area (Å²) in [6.45, 7) is 9.81. The summed E-state index contributed by atoms with van der Waals surface area (Å²) >= 11 is 3.32. The number of nitrogens with one attached hydrogen (secondary N) is 1. The van der Waals surface area contributed by atoms with Gasteiger partial charge in [-0.25, -0.2) is 4.79 Å². The normalized spacial score (nSPS) is 14.1. The van der Waals surface area contributed by atoms with E-state index in [1.54, 1.807) is 11.9 Å². The number of likely N-dealkylation sites (N-methyl/N-ethyl adjacent to an activating group) is 1. The SMILES string of the molecule is C=C(SC)N(C)C(=O)NCc1c(-n2cccc2)sc2c1CCN(CC)C2. The number of thiophene rings is 1. The topological polar surface area (TPSA) is 40.5 Å². The molecular weight excluding hydrogens is 364 g/mol. The van der Waals surface area contributed by atoms with E-state index in [9.17, 15) is 4.79 Å². The number of hydrogen-bond donors (Lipinski definition) is 1. The van der Waals surface area contributed by atoms with Crippen molar-refractivity contribution >= 4 is 29.1 Å². The van der Waals surface area contributed by atoms with Gasteiger partial charge in [0.05, 0.1) is 5.03 Å². The number of carbonyl (C=O) groups is 1. The van der Waals surface area contributed by atoms with E-state index in [0.717, 1.165) is 31.1 Å². The quantitative estimate of drug-likeness (QED) is 0.813. The molecule has 0 atom stereocenters. The molecule has 0 unspecified atom stereocenters. The molecule has 1 aliphatic heterocycles. The molecule has 0 radical (unpaired) electrons. The van der Waals surface area contributed by atoms with Gasteiger partial charge in [-0.15, -0.1) is 23.1 Å². The third kappa shape index (κ3) is 3.84. The average molecular weight is 391 g/mol. The molecule has 5 nitrogen and oxygen atoms in total. The fourth-order valence-corrected chi connectivity index (χ4v) is 4.90. The monoisotopic (exact) mass is 390 g/mol. The maximum Gasteiger partial charge on any atom is 0.322 e. The summed E-state index contributed by atoms with van der Waals surface area (Å²) < 4.78 is 2.16. The van der Waals surface area contributed by atoms with Gasteiger partial charge in [0.1, 0.15) is 5.00 Å². The first-order chi connectivity index (χ1) is 12.5. The van der Waals surface area contributed by atoms with E-state index in [-0.39, 0.29) is 6.03 Å². The van der Waals surface area contributed by atoms with Gasteiger partial charge in [-0.2, -0.15) is 0 Å². The van der Waals surface area contributed by atoms with Crippen LogP contribution in [0.2, 0.25) is 0 Å². The number of rotatable bonds is 6. The molecule has 3 rings (SSSR count). The number of aromatic nitrogens is 1. The summed E-state index contributed by atoms with van der Waals surface area (Å²) in [5, 5.41) is 5.02. The van der Waals surface area contributed by atoms with Gasteiger partial charge in [0, 0.05) is 49.5 Å². The third-order valence-electron chi connectivity index (χ3n) is 4.84. The molecule has 2 aromatic rings. The second-order valence-electron chi connectivity index (χ2n) is 6.31. The number of fused-ring (bicyclic) bond motifs is 1. The van der Waals surface area contributed by atoms with Gasteiger partial charge in [-0.05, 0) is 36.9 Å². The van der Waals surface area contributed by atoms with Crippen LogP contribution in [-0.4, -0.2) is 46.8 Å². The summed E-state index contributed by atoms with van der Waals surface area (Å²) in [7, 11) is 1.75. The van der Waals surface area contributed by atoms with Crippen molar-refractivity contribution in [2.45, 2.75) is 26.4 Å². The predicted octanol–water partition coefficient (Wildman–Crippen LogP) is 3.89. The molecule has 0 saturated heterocycles. The summed E-state index contributed by atoms with van der Waals surface area (Å²) in [6, 6.07) is 3.96. The second kappa shape index (κ2) is 8.33. The minimum atomic E-state index is -0.117. The van der Waals surface area contributed by atoms with E-state index in [0.29, 0.717) is 6.54 Å². The molecule has 7 heteroatoms. The highest BCUT2D eigenvalue weighted by atomic mass is 32.2. The minimum absolute atomic E-state index is 0.117. The number of urea groups is 1. The molecule has 26 heavy (non-hydrogen) atoms. The van der Waals surface area contributed by atoms with E-state index in [1.807, 2.05) is 29.7 Å². The van der Waals surface area contributed by atoms with Crippen LogP contribution in [0.4, 0.5) is 4.79 Å². The molecule has 140 valence electrons. The van der Waals surface area contributed by atoms with Gasteiger partial charge in [0.15, 0.2) is 0 Å². The first kappa shape index (κ1) is 19.1. The molecule has 0 fully saturated rings. The summed E-state index contributed by atoms with van der Waals surface area (Å²) in [5.41, 5.74) is 2.66. The molecule has 0 saturated carbocycles. The first-order valence-electron chi connectivity index (χ1n) is 8.78. The summed E-state index contributed by atoms with van der Waals surface area (Å²) in [4.78, 5) is 17.9. The Bertz CT molecular complexity index is 782.